The Morgan fingerprint density at radius 2 is 2.14 bits per heavy atom. The van der Waals surface area contributed by atoms with Gasteiger partial charge >= 0.3 is 0 Å². The lowest BCUT2D eigenvalue weighted by Crippen LogP contribution is -2.35. The molecule has 116 valence electrons. The van der Waals surface area contributed by atoms with E-state index in [-0.39, 0.29) is 17.4 Å². The quantitative estimate of drug-likeness (QED) is 0.905. The third-order valence-electron chi connectivity index (χ3n) is 3.59. The number of halogens is 2. The van der Waals surface area contributed by atoms with Crippen molar-refractivity contribution < 1.29 is 18.3 Å². The number of amides is 1. The van der Waals surface area contributed by atoms with Gasteiger partial charge in [-0.05, 0) is 25.0 Å². The number of nitrogens with one attached hydrogen (secondary N) is 1. The van der Waals surface area contributed by atoms with E-state index in [1.165, 1.54) is 12.1 Å². The molecule has 0 bridgehead atoms. The third kappa shape index (κ3) is 3.39. The van der Waals surface area contributed by atoms with Crippen molar-refractivity contribution >= 4 is 5.91 Å². The summed E-state index contributed by atoms with van der Waals surface area (Å²) in [5.74, 6) is -1.25. The molecule has 1 N–H and O–H groups in total. The highest BCUT2D eigenvalue weighted by atomic mass is 19.1. The van der Waals surface area contributed by atoms with E-state index in [1.54, 1.807) is 18.9 Å². The minimum Gasteiger partial charge on any atom is -0.384 e. The van der Waals surface area contributed by atoms with Crippen LogP contribution in [-0.4, -0.2) is 37.1 Å². The van der Waals surface area contributed by atoms with Gasteiger partial charge in [0.15, 0.2) is 0 Å². The summed E-state index contributed by atoms with van der Waals surface area (Å²) in [6.45, 7) is 4.65. The first-order chi connectivity index (χ1) is 9.93. The van der Waals surface area contributed by atoms with Crippen LogP contribution in [0.2, 0.25) is 0 Å². The average Bonchev–Trinajstić information content (AvgIpc) is 2.67. The maximum absolute atomic E-state index is 14.0. The first-order valence-corrected chi connectivity index (χ1v) is 6.94. The number of nitrogens with zero attached hydrogens (tertiary/aromatic N) is 1. The molecule has 0 spiro atoms. The van der Waals surface area contributed by atoms with Gasteiger partial charge in [0.2, 0.25) is 5.91 Å². The fraction of sp³-hybridized carbons (Fsp3) is 0.533. The van der Waals surface area contributed by atoms with Crippen molar-refractivity contribution in [1.82, 2.24) is 10.2 Å². The lowest BCUT2D eigenvalue weighted by atomic mass is 10.1. The van der Waals surface area contributed by atoms with Crippen molar-refractivity contribution in [1.29, 1.82) is 0 Å². The van der Waals surface area contributed by atoms with Gasteiger partial charge in [0.25, 0.3) is 0 Å². The van der Waals surface area contributed by atoms with Gasteiger partial charge in [-0.15, -0.1) is 0 Å². The Bertz CT molecular complexity index is 524. The second-order valence-corrected chi connectivity index (χ2v) is 5.51. The highest BCUT2D eigenvalue weighted by molar-refractivity contribution is 5.84. The molecule has 6 heteroatoms. The van der Waals surface area contributed by atoms with Crippen molar-refractivity contribution in [2.24, 2.45) is 5.92 Å². The van der Waals surface area contributed by atoms with Gasteiger partial charge < -0.3 is 9.64 Å². The minimum atomic E-state index is -0.654. The summed E-state index contributed by atoms with van der Waals surface area (Å²) in [7, 11) is 1.60. The summed E-state index contributed by atoms with van der Waals surface area (Å²) < 4.78 is 32.1. The van der Waals surface area contributed by atoms with Crippen LogP contribution in [0.15, 0.2) is 18.2 Å². The molecule has 1 aliphatic heterocycles. The van der Waals surface area contributed by atoms with Crippen LogP contribution in [0.25, 0.3) is 0 Å². The molecule has 1 heterocycles. The van der Waals surface area contributed by atoms with E-state index in [2.05, 4.69) is 5.32 Å². The molecule has 3 unspecified atom stereocenters. The van der Waals surface area contributed by atoms with Crippen molar-refractivity contribution in [2.45, 2.75) is 26.1 Å². The Morgan fingerprint density at radius 1 is 1.43 bits per heavy atom. The van der Waals surface area contributed by atoms with E-state index in [9.17, 15) is 13.6 Å². The van der Waals surface area contributed by atoms with Crippen molar-refractivity contribution in [3.8, 4) is 0 Å². The topological polar surface area (TPSA) is 41.6 Å². The zero-order chi connectivity index (χ0) is 15.6. The summed E-state index contributed by atoms with van der Waals surface area (Å²) in [6, 6.07) is 3.02. The van der Waals surface area contributed by atoms with Crippen LogP contribution in [-0.2, 0) is 9.53 Å². The molecule has 2 rings (SSSR count). The second-order valence-electron chi connectivity index (χ2n) is 5.51. The van der Waals surface area contributed by atoms with Crippen LogP contribution < -0.4 is 5.32 Å². The SMILES string of the molecule is COCC(C)CN1C(=O)C(C)NC1c1ccc(F)cc1F. The molecule has 21 heavy (non-hydrogen) atoms. The predicted octanol–water partition coefficient (Wildman–Crippen LogP) is 2.07. The van der Waals surface area contributed by atoms with Gasteiger partial charge in [0.1, 0.15) is 17.8 Å². The maximum Gasteiger partial charge on any atom is 0.241 e. The Labute approximate surface area is 123 Å². The molecular weight excluding hydrogens is 278 g/mol. The first kappa shape index (κ1) is 15.9. The van der Waals surface area contributed by atoms with Crippen LogP contribution in [0.5, 0.6) is 0 Å². The summed E-state index contributed by atoms with van der Waals surface area (Å²) >= 11 is 0. The Balaban J connectivity index is 2.25. The minimum absolute atomic E-state index is 0.0910. The molecule has 1 aliphatic rings. The molecular formula is C15H20F2N2O2. The molecule has 4 nitrogen and oxygen atoms in total. The van der Waals surface area contributed by atoms with Gasteiger partial charge in [-0.25, -0.2) is 8.78 Å². The fourth-order valence-electron chi connectivity index (χ4n) is 2.62. The fourth-order valence-corrected chi connectivity index (χ4v) is 2.62. The van der Waals surface area contributed by atoms with Crippen LogP contribution in [0.4, 0.5) is 8.78 Å². The highest BCUT2D eigenvalue weighted by Crippen LogP contribution is 2.28. The smallest absolute Gasteiger partial charge is 0.241 e. The van der Waals surface area contributed by atoms with Crippen LogP contribution in [0.3, 0.4) is 0 Å². The zero-order valence-corrected chi connectivity index (χ0v) is 12.4. The Hall–Kier alpha value is -1.53. The number of hydrogen-bond donors (Lipinski definition) is 1. The molecule has 0 saturated carbocycles. The predicted molar refractivity (Wildman–Crippen MR) is 74.4 cm³/mol. The number of benzene rings is 1. The highest BCUT2D eigenvalue weighted by Gasteiger charge is 2.38. The molecule has 1 aromatic carbocycles. The summed E-state index contributed by atoms with van der Waals surface area (Å²) in [6.07, 6.45) is -0.576. The molecule has 0 radical (unpaired) electrons. The number of methoxy groups -OCH3 is 1. The Morgan fingerprint density at radius 3 is 2.76 bits per heavy atom. The van der Waals surface area contributed by atoms with Crippen molar-refractivity contribution in [2.75, 3.05) is 20.3 Å². The maximum atomic E-state index is 14.0. The molecule has 0 aliphatic carbocycles. The summed E-state index contributed by atoms with van der Waals surface area (Å²) in [4.78, 5) is 13.8. The van der Waals surface area contributed by atoms with E-state index < -0.39 is 23.8 Å². The van der Waals surface area contributed by atoms with E-state index in [1.807, 2.05) is 6.92 Å². The van der Waals surface area contributed by atoms with Gasteiger partial charge in [-0.1, -0.05) is 6.92 Å². The van der Waals surface area contributed by atoms with E-state index in [0.717, 1.165) is 6.07 Å². The number of ether oxygens (including phenoxy) is 1. The van der Waals surface area contributed by atoms with E-state index in [4.69, 9.17) is 4.74 Å². The van der Waals surface area contributed by atoms with Gasteiger partial charge in [-0.2, -0.15) is 0 Å². The Kier molecular flexibility index (Phi) is 4.90. The summed E-state index contributed by atoms with van der Waals surface area (Å²) in [5, 5.41) is 3.05. The first-order valence-electron chi connectivity index (χ1n) is 6.94. The average molecular weight is 298 g/mol. The van der Waals surface area contributed by atoms with Crippen LogP contribution >= 0.6 is 0 Å². The number of carbonyl (C=O) groups excluding carboxylic acids is 1. The lowest BCUT2D eigenvalue weighted by molar-refractivity contribution is -0.130. The molecule has 1 amide bonds. The third-order valence-corrected chi connectivity index (χ3v) is 3.59. The number of carbonyl (C=O) groups is 1. The zero-order valence-electron chi connectivity index (χ0n) is 12.4. The van der Waals surface area contributed by atoms with Crippen molar-refractivity contribution in [3.63, 3.8) is 0 Å². The van der Waals surface area contributed by atoms with E-state index in [0.29, 0.717) is 13.2 Å². The van der Waals surface area contributed by atoms with Crippen LogP contribution in [0, 0.1) is 17.6 Å². The standard InChI is InChI=1S/C15H20F2N2O2/c1-9(8-21-3)7-19-14(18-10(2)15(19)20)12-5-4-11(16)6-13(12)17/h4-6,9-10,14,18H,7-8H2,1-3H3. The van der Waals surface area contributed by atoms with Crippen LogP contribution in [0.1, 0.15) is 25.6 Å². The monoisotopic (exact) mass is 298 g/mol. The normalized spacial score (nSPS) is 23.7. The number of rotatable bonds is 5. The van der Waals surface area contributed by atoms with Gasteiger partial charge in [-0.3, -0.25) is 10.1 Å². The van der Waals surface area contributed by atoms with Gasteiger partial charge in [0.05, 0.1) is 12.6 Å². The molecule has 1 saturated heterocycles. The molecule has 1 aromatic rings. The number of hydrogen-bond acceptors (Lipinski definition) is 3. The molecule has 3 atom stereocenters. The second kappa shape index (κ2) is 6.49. The van der Waals surface area contributed by atoms with Crippen molar-refractivity contribution in [3.05, 3.63) is 35.4 Å². The molecule has 0 aromatic heterocycles. The lowest BCUT2D eigenvalue weighted by Gasteiger charge is -2.27. The largest absolute Gasteiger partial charge is 0.384 e. The summed E-state index contributed by atoms with van der Waals surface area (Å²) in [5.41, 5.74) is 0.277. The van der Waals surface area contributed by atoms with E-state index >= 15 is 0 Å². The molecule has 1 fully saturated rings. The van der Waals surface area contributed by atoms with Gasteiger partial charge in [0, 0.05) is 25.3 Å².